The second-order valence-electron chi connectivity index (χ2n) is 8.89. The van der Waals surface area contributed by atoms with Crippen LogP contribution in [0.2, 0.25) is 0 Å². The van der Waals surface area contributed by atoms with E-state index in [2.05, 4.69) is 22.6 Å². The fourth-order valence-corrected chi connectivity index (χ4v) is 6.19. The van der Waals surface area contributed by atoms with E-state index in [9.17, 15) is 8.42 Å². The number of nitrogens with zero attached hydrogens (tertiary/aromatic N) is 4. The van der Waals surface area contributed by atoms with E-state index in [1.807, 2.05) is 43.3 Å². The second kappa shape index (κ2) is 7.85. The van der Waals surface area contributed by atoms with E-state index in [1.54, 1.807) is 13.0 Å². The summed E-state index contributed by atoms with van der Waals surface area (Å²) in [5, 5.41) is 12.7. The quantitative estimate of drug-likeness (QED) is 0.485. The molecule has 0 spiro atoms. The van der Waals surface area contributed by atoms with Crippen LogP contribution < -0.4 is 5.32 Å². The summed E-state index contributed by atoms with van der Waals surface area (Å²) in [6, 6.07) is 13.5. The fourth-order valence-electron chi connectivity index (χ4n) is 4.64. The Bertz CT molecular complexity index is 1430. The zero-order valence-electron chi connectivity index (χ0n) is 18.5. The minimum absolute atomic E-state index is 0.114. The van der Waals surface area contributed by atoms with E-state index in [0.29, 0.717) is 23.3 Å². The number of fused-ring (bicyclic) bond motifs is 3. The van der Waals surface area contributed by atoms with Crippen molar-refractivity contribution < 1.29 is 8.42 Å². The second-order valence-corrected chi connectivity index (χ2v) is 10.7. The molecule has 2 aromatic heterocycles. The molecule has 8 heteroatoms. The summed E-state index contributed by atoms with van der Waals surface area (Å²) < 4.78 is 28.7. The molecule has 2 atom stereocenters. The van der Waals surface area contributed by atoms with Crippen molar-refractivity contribution in [1.82, 2.24) is 19.8 Å². The normalized spacial score (nSPS) is 19.5. The van der Waals surface area contributed by atoms with Crippen molar-refractivity contribution in [3.8, 4) is 0 Å². The number of hydrogen-bond donors (Lipinski definition) is 1. The van der Waals surface area contributed by atoms with Crippen molar-refractivity contribution in [2.75, 3.05) is 5.32 Å². The molecule has 0 saturated heterocycles. The average molecular weight is 450 g/mol. The first kappa shape index (κ1) is 20.9. The van der Waals surface area contributed by atoms with Gasteiger partial charge < -0.3 is 5.32 Å². The maximum absolute atomic E-state index is 13.6. The molecule has 2 heterocycles. The van der Waals surface area contributed by atoms with Crippen LogP contribution in [-0.4, -0.2) is 34.3 Å². The Kier molecular flexibility index (Phi) is 5.12. The summed E-state index contributed by atoms with van der Waals surface area (Å²) in [6.07, 6.45) is 4.69. The van der Waals surface area contributed by atoms with Gasteiger partial charge in [-0.1, -0.05) is 49.2 Å². The Morgan fingerprint density at radius 3 is 2.66 bits per heavy atom. The van der Waals surface area contributed by atoms with E-state index >= 15 is 0 Å². The molecular weight excluding hydrogens is 422 g/mol. The van der Waals surface area contributed by atoms with E-state index in [4.69, 9.17) is 4.98 Å². The number of para-hydroxylation sites is 1. The summed E-state index contributed by atoms with van der Waals surface area (Å²) in [5.74, 6) is 1.22. The molecule has 5 rings (SSSR count). The molecule has 0 aliphatic heterocycles. The van der Waals surface area contributed by atoms with Gasteiger partial charge in [-0.15, -0.1) is 5.10 Å². The van der Waals surface area contributed by atoms with Gasteiger partial charge in [0.25, 0.3) is 0 Å². The largest absolute Gasteiger partial charge is 0.366 e. The van der Waals surface area contributed by atoms with E-state index in [-0.39, 0.29) is 15.6 Å². The third-order valence-corrected chi connectivity index (χ3v) is 8.34. The molecule has 0 unspecified atom stereocenters. The third-order valence-electron chi connectivity index (χ3n) is 6.54. The summed E-state index contributed by atoms with van der Waals surface area (Å²) in [5.41, 5.74) is 2.57. The lowest BCUT2D eigenvalue weighted by Crippen LogP contribution is -2.30. The Morgan fingerprint density at radius 1 is 1.06 bits per heavy atom. The van der Waals surface area contributed by atoms with Crippen molar-refractivity contribution in [1.29, 1.82) is 0 Å². The minimum Gasteiger partial charge on any atom is -0.366 e. The molecule has 1 N–H and O–H groups in total. The molecule has 7 nitrogen and oxygen atoms in total. The number of anilines is 1. The molecule has 1 fully saturated rings. The SMILES string of the molecule is Cc1ccc(C)c(S(=O)(=O)c2nnn3c2nc(N[C@@H]2CCCC[C@@H]2C)c2ccccc23)c1. The van der Waals surface area contributed by atoms with E-state index in [0.717, 1.165) is 22.9 Å². The first-order valence-corrected chi connectivity index (χ1v) is 12.6. The van der Waals surface area contributed by atoms with Gasteiger partial charge in [0.15, 0.2) is 5.65 Å². The molecule has 166 valence electrons. The maximum Gasteiger partial charge on any atom is 0.229 e. The summed E-state index contributed by atoms with van der Waals surface area (Å²) in [6.45, 7) is 5.92. The fraction of sp³-hybridized carbons (Fsp3) is 0.375. The number of benzene rings is 2. The van der Waals surface area contributed by atoms with Gasteiger partial charge in [-0.3, -0.25) is 0 Å². The summed E-state index contributed by atoms with van der Waals surface area (Å²) in [4.78, 5) is 5.02. The van der Waals surface area contributed by atoms with Gasteiger partial charge >= 0.3 is 0 Å². The van der Waals surface area contributed by atoms with E-state index < -0.39 is 9.84 Å². The van der Waals surface area contributed by atoms with Crippen molar-refractivity contribution in [2.45, 2.75) is 62.4 Å². The van der Waals surface area contributed by atoms with Crippen LogP contribution in [0.4, 0.5) is 5.82 Å². The highest BCUT2D eigenvalue weighted by Gasteiger charge is 2.29. The third kappa shape index (κ3) is 3.43. The topological polar surface area (TPSA) is 89.2 Å². The van der Waals surface area contributed by atoms with Crippen LogP contribution in [-0.2, 0) is 9.84 Å². The van der Waals surface area contributed by atoms with E-state index in [1.165, 1.54) is 23.8 Å². The zero-order chi connectivity index (χ0) is 22.5. The highest BCUT2D eigenvalue weighted by Crippen LogP contribution is 2.32. The number of hydrogen-bond acceptors (Lipinski definition) is 6. The molecule has 0 amide bonds. The predicted octanol–water partition coefficient (Wildman–Crippen LogP) is 4.72. The molecule has 1 aliphatic carbocycles. The first-order valence-electron chi connectivity index (χ1n) is 11.1. The molecular formula is C24H27N5O2S. The van der Waals surface area contributed by atoms with Crippen molar-refractivity contribution in [3.63, 3.8) is 0 Å². The molecule has 1 aliphatic rings. The van der Waals surface area contributed by atoms with Crippen LogP contribution in [0.5, 0.6) is 0 Å². The van der Waals surface area contributed by atoms with Gasteiger partial charge in [0.05, 0.1) is 10.4 Å². The Balaban J connectivity index is 1.71. The van der Waals surface area contributed by atoms with Crippen molar-refractivity contribution in [3.05, 3.63) is 53.6 Å². The molecule has 4 aromatic rings. The predicted molar refractivity (Wildman–Crippen MR) is 125 cm³/mol. The van der Waals surface area contributed by atoms with Crippen LogP contribution in [0, 0.1) is 19.8 Å². The highest BCUT2D eigenvalue weighted by molar-refractivity contribution is 7.91. The molecule has 32 heavy (non-hydrogen) atoms. The van der Waals surface area contributed by atoms with Gasteiger partial charge in [-0.05, 0) is 61.9 Å². The molecule has 1 saturated carbocycles. The van der Waals surface area contributed by atoms with Gasteiger partial charge in [-0.25, -0.2) is 13.4 Å². The van der Waals surface area contributed by atoms with Crippen LogP contribution in [0.3, 0.4) is 0 Å². The average Bonchev–Trinajstić information content (AvgIpc) is 3.22. The lowest BCUT2D eigenvalue weighted by atomic mass is 9.86. The number of aryl methyl sites for hydroxylation is 2. The highest BCUT2D eigenvalue weighted by atomic mass is 32.2. The van der Waals surface area contributed by atoms with Gasteiger partial charge in [-0.2, -0.15) is 4.52 Å². The van der Waals surface area contributed by atoms with Gasteiger partial charge in [0.1, 0.15) is 5.82 Å². The van der Waals surface area contributed by atoms with Gasteiger partial charge in [0, 0.05) is 11.4 Å². The minimum atomic E-state index is -3.89. The number of sulfone groups is 1. The summed E-state index contributed by atoms with van der Waals surface area (Å²) >= 11 is 0. The van der Waals surface area contributed by atoms with Gasteiger partial charge in [0.2, 0.25) is 14.9 Å². The zero-order valence-corrected chi connectivity index (χ0v) is 19.4. The molecule has 0 bridgehead atoms. The van der Waals surface area contributed by atoms with Crippen LogP contribution in [0.15, 0.2) is 52.4 Å². The van der Waals surface area contributed by atoms with Crippen molar-refractivity contribution in [2.24, 2.45) is 5.92 Å². The Hall–Kier alpha value is -3.00. The lowest BCUT2D eigenvalue weighted by Gasteiger charge is -2.30. The Morgan fingerprint density at radius 2 is 1.84 bits per heavy atom. The smallest absolute Gasteiger partial charge is 0.229 e. The monoisotopic (exact) mass is 449 g/mol. The molecule has 2 aromatic carbocycles. The first-order chi connectivity index (χ1) is 15.4. The lowest BCUT2D eigenvalue weighted by molar-refractivity contribution is 0.349. The number of nitrogens with one attached hydrogen (secondary N) is 1. The maximum atomic E-state index is 13.6. The number of aromatic nitrogens is 4. The van der Waals surface area contributed by atoms with Crippen LogP contribution in [0.25, 0.3) is 16.6 Å². The Labute approximate surface area is 187 Å². The molecule has 0 radical (unpaired) electrons. The number of rotatable bonds is 4. The standard InChI is InChI=1S/C24H27N5O2S/c1-15-12-13-17(3)21(14-15)32(30,31)24-23-26-22(25-19-10-6-4-8-16(19)2)18-9-5-7-11-20(18)29(23)28-27-24/h5,7,9,11-14,16,19H,4,6,8,10H2,1-3H3,(H,25,26)/t16-,19+/m0/s1. The summed E-state index contributed by atoms with van der Waals surface area (Å²) in [7, 11) is -3.89. The van der Waals surface area contributed by atoms with Crippen molar-refractivity contribution >= 4 is 32.2 Å². The van der Waals surface area contributed by atoms with Crippen LogP contribution >= 0.6 is 0 Å². The van der Waals surface area contributed by atoms with Crippen LogP contribution in [0.1, 0.15) is 43.7 Å².